The van der Waals surface area contributed by atoms with Gasteiger partial charge in [0.25, 0.3) is 0 Å². The van der Waals surface area contributed by atoms with Gasteiger partial charge < -0.3 is 5.32 Å². The van der Waals surface area contributed by atoms with E-state index >= 15 is 0 Å². The molecule has 0 saturated carbocycles. The van der Waals surface area contributed by atoms with Crippen LogP contribution >= 0.6 is 12.2 Å². The molecule has 0 spiro atoms. The van der Waals surface area contributed by atoms with Gasteiger partial charge in [0.05, 0.1) is 0 Å². The fourth-order valence-corrected chi connectivity index (χ4v) is 1.24. The molecule has 0 aliphatic rings. The van der Waals surface area contributed by atoms with E-state index in [9.17, 15) is 4.79 Å². The summed E-state index contributed by atoms with van der Waals surface area (Å²) in [5.74, 6) is -0.105. The first-order chi connectivity index (χ1) is 7.33. The van der Waals surface area contributed by atoms with E-state index in [2.05, 4.69) is 17.5 Å². The van der Waals surface area contributed by atoms with Crippen LogP contribution in [-0.4, -0.2) is 17.8 Å². The van der Waals surface area contributed by atoms with E-state index in [1.54, 1.807) is 6.08 Å². The number of carbonyl (C=O) groups excluding carboxylic acids is 1. The molecule has 0 radical (unpaired) electrons. The summed E-state index contributed by atoms with van der Waals surface area (Å²) < 4.78 is 0. The Morgan fingerprint density at radius 2 is 2.07 bits per heavy atom. The van der Waals surface area contributed by atoms with Crippen molar-refractivity contribution in [3.05, 3.63) is 48.0 Å². The van der Waals surface area contributed by atoms with Gasteiger partial charge in [0, 0.05) is 18.0 Å². The summed E-state index contributed by atoms with van der Waals surface area (Å²) >= 11 is 4.57. The quantitative estimate of drug-likeness (QED) is 0.605. The topological polar surface area (TPSA) is 29.1 Å². The Balaban J connectivity index is 2.25. The molecule has 15 heavy (non-hydrogen) atoms. The van der Waals surface area contributed by atoms with Gasteiger partial charge in [-0.2, -0.15) is 0 Å². The lowest BCUT2D eigenvalue weighted by atomic mass is 10.1. The van der Waals surface area contributed by atoms with Crippen molar-refractivity contribution in [3.63, 3.8) is 0 Å². The number of allylic oxidation sites excluding steroid dienone is 1. The molecule has 1 N–H and O–H groups in total. The van der Waals surface area contributed by atoms with Gasteiger partial charge in [-0.1, -0.05) is 42.5 Å². The smallest absolute Gasteiger partial charge is 0.244 e. The molecular formula is C12H13NOS. The van der Waals surface area contributed by atoms with Crippen LogP contribution in [0.3, 0.4) is 0 Å². The molecule has 0 aromatic heterocycles. The van der Waals surface area contributed by atoms with E-state index in [1.807, 2.05) is 30.3 Å². The first-order valence-electron chi connectivity index (χ1n) is 4.76. The molecule has 1 aromatic carbocycles. The highest BCUT2D eigenvalue weighted by Gasteiger charge is 1.94. The predicted molar refractivity (Wildman–Crippen MR) is 66.0 cm³/mol. The lowest BCUT2D eigenvalue weighted by molar-refractivity contribution is -0.116. The second kappa shape index (κ2) is 6.90. The summed E-state index contributed by atoms with van der Waals surface area (Å²) in [6.45, 7) is 0.643. The monoisotopic (exact) mass is 219 g/mol. The van der Waals surface area contributed by atoms with Crippen LogP contribution in [0, 0.1) is 0 Å². The van der Waals surface area contributed by atoms with Crippen molar-refractivity contribution in [2.75, 3.05) is 6.54 Å². The molecule has 78 valence electrons. The molecule has 1 amide bonds. The highest BCUT2D eigenvalue weighted by molar-refractivity contribution is 7.79. The average molecular weight is 219 g/mol. The van der Waals surface area contributed by atoms with Crippen molar-refractivity contribution in [2.24, 2.45) is 0 Å². The third-order valence-corrected chi connectivity index (χ3v) is 2.04. The number of rotatable bonds is 5. The first-order valence-corrected chi connectivity index (χ1v) is 5.23. The van der Waals surface area contributed by atoms with Crippen molar-refractivity contribution < 1.29 is 4.79 Å². The third kappa shape index (κ3) is 5.08. The van der Waals surface area contributed by atoms with Gasteiger partial charge in [0.2, 0.25) is 5.91 Å². The maximum Gasteiger partial charge on any atom is 0.244 e. The van der Waals surface area contributed by atoms with Crippen molar-refractivity contribution >= 4 is 23.5 Å². The van der Waals surface area contributed by atoms with Crippen LogP contribution < -0.4 is 5.32 Å². The van der Waals surface area contributed by atoms with Crippen LogP contribution in [0.1, 0.15) is 5.56 Å². The number of hydrogen-bond donors (Lipinski definition) is 1. The summed E-state index contributed by atoms with van der Waals surface area (Å²) in [5.41, 5.74) is 1.22. The van der Waals surface area contributed by atoms with E-state index in [1.165, 1.54) is 17.0 Å². The zero-order valence-corrected chi connectivity index (χ0v) is 9.17. The summed E-state index contributed by atoms with van der Waals surface area (Å²) in [5, 5.41) is 4.19. The van der Waals surface area contributed by atoms with E-state index < -0.39 is 0 Å². The Labute approximate surface area is 95.0 Å². The number of thiocarbonyl (C=S) groups is 1. The highest BCUT2D eigenvalue weighted by Crippen LogP contribution is 1.97. The minimum absolute atomic E-state index is 0.105. The number of carbonyl (C=O) groups is 1. The average Bonchev–Trinajstić information content (AvgIpc) is 2.28. The number of amides is 1. The fourth-order valence-electron chi connectivity index (χ4n) is 1.16. The Bertz CT molecular complexity index is 346. The molecule has 1 rings (SSSR count). The largest absolute Gasteiger partial charge is 0.352 e. The van der Waals surface area contributed by atoms with Gasteiger partial charge >= 0.3 is 0 Å². The van der Waals surface area contributed by atoms with Crippen molar-refractivity contribution in [1.82, 2.24) is 5.32 Å². The summed E-state index contributed by atoms with van der Waals surface area (Å²) in [6, 6.07) is 10.0. The van der Waals surface area contributed by atoms with Crippen LogP contribution in [-0.2, 0) is 11.2 Å². The Morgan fingerprint density at radius 1 is 1.33 bits per heavy atom. The second-order valence-electron chi connectivity index (χ2n) is 3.02. The molecule has 0 unspecified atom stereocenters. The molecule has 0 saturated heterocycles. The minimum atomic E-state index is -0.105. The van der Waals surface area contributed by atoms with Gasteiger partial charge in [-0.15, -0.1) is 0 Å². The van der Waals surface area contributed by atoms with Crippen molar-refractivity contribution in [3.8, 4) is 0 Å². The molecule has 0 bridgehead atoms. The normalized spacial score (nSPS) is 10.1. The summed E-state index contributed by atoms with van der Waals surface area (Å²) in [6.07, 6.45) is 3.82. The molecule has 0 atom stereocenters. The predicted octanol–water partition coefficient (Wildman–Crippen LogP) is 1.90. The molecule has 3 heteroatoms. The van der Waals surface area contributed by atoms with E-state index in [-0.39, 0.29) is 5.91 Å². The molecule has 1 aromatic rings. The maximum absolute atomic E-state index is 11.1. The summed E-state index contributed by atoms with van der Waals surface area (Å²) in [7, 11) is 0. The van der Waals surface area contributed by atoms with Crippen LogP contribution in [0.25, 0.3) is 0 Å². The minimum Gasteiger partial charge on any atom is -0.352 e. The SMILES string of the molecule is O=C(/C=C\C=S)NCCc1ccccc1. The van der Waals surface area contributed by atoms with Crippen molar-refractivity contribution in [1.29, 1.82) is 0 Å². The number of nitrogens with one attached hydrogen (secondary N) is 1. The lowest BCUT2D eigenvalue weighted by Crippen LogP contribution is -2.23. The van der Waals surface area contributed by atoms with Gasteiger partial charge in [0.15, 0.2) is 0 Å². The van der Waals surface area contributed by atoms with Crippen LogP contribution in [0.4, 0.5) is 0 Å². The molecule has 0 fully saturated rings. The molecule has 0 aliphatic carbocycles. The zero-order valence-electron chi connectivity index (χ0n) is 8.35. The maximum atomic E-state index is 11.1. The number of benzene rings is 1. The van der Waals surface area contributed by atoms with Gasteiger partial charge in [0.1, 0.15) is 0 Å². The van der Waals surface area contributed by atoms with Crippen LogP contribution in [0.2, 0.25) is 0 Å². The van der Waals surface area contributed by atoms with E-state index in [4.69, 9.17) is 0 Å². The van der Waals surface area contributed by atoms with Crippen LogP contribution in [0.15, 0.2) is 42.5 Å². The molecule has 0 heterocycles. The Morgan fingerprint density at radius 3 is 2.73 bits per heavy atom. The van der Waals surface area contributed by atoms with Crippen LogP contribution in [0.5, 0.6) is 0 Å². The standard InChI is InChI=1S/C12H13NOS/c14-12(7-4-10-15)13-9-8-11-5-2-1-3-6-11/h1-7,10H,8-9H2,(H,13,14)/b7-4-. The first kappa shape index (κ1) is 11.6. The highest BCUT2D eigenvalue weighted by atomic mass is 32.1. The Hall–Kier alpha value is -1.48. The van der Waals surface area contributed by atoms with E-state index in [0.717, 1.165) is 6.42 Å². The molecular weight excluding hydrogens is 206 g/mol. The lowest BCUT2D eigenvalue weighted by Gasteiger charge is -2.01. The van der Waals surface area contributed by atoms with Gasteiger partial charge in [-0.3, -0.25) is 4.79 Å². The van der Waals surface area contributed by atoms with E-state index in [0.29, 0.717) is 6.54 Å². The second-order valence-corrected chi connectivity index (χ2v) is 3.29. The zero-order chi connectivity index (χ0) is 10.9. The summed E-state index contributed by atoms with van der Waals surface area (Å²) in [4.78, 5) is 11.1. The third-order valence-electron chi connectivity index (χ3n) is 1.88. The fraction of sp³-hybridized carbons (Fsp3) is 0.167. The molecule has 2 nitrogen and oxygen atoms in total. The number of hydrogen-bond acceptors (Lipinski definition) is 2. The Kier molecular flexibility index (Phi) is 5.33. The van der Waals surface area contributed by atoms with Gasteiger partial charge in [-0.25, -0.2) is 0 Å². The van der Waals surface area contributed by atoms with Crippen molar-refractivity contribution in [2.45, 2.75) is 6.42 Å². The molecule has 0 aliphatic heterocycles. The van der Waals surface area contributed by atoms with Gasteiger partial charge in [-0.05, 0) is 18.1 Å².